The van der Waals surface area contributed by atoms with Crippen molar-refractivity contribution in [1.82, 2.24) is 0 Å². The summed E-state index contributed by atoms with van der Waals surface area (Å²) in [6, 6.07) is 7.48. The predicted molar refractivity (Wildman–Crippen MR) is 81.4 cm³/mol. The maximum absolute atomic E-state index is 12.4. The number of carbonyl (C=O) groups is 2. The average Bonchev–Trinajstić information content (AvgIpc) is 2.77. The molecule has 102 valence electrons. The fourth-order valence-electron chi connectivity index (χ4n) is 2.51. The molecule has 1 aromatic heterocycles. The second-order valence-corrected chi connectivity index (χ2v) is 6.00. The van der Waals surface area contributed by atoms with Crippen LogP contribution in [0, 0.1) is 6.92 Å². The molecule has 0 saturated heterocycles. The highest BCUT2D eigenvalue weighted by Crippen LogP contribution is 2.41. The summed E-state index contributed by atoms with van der Waals surface area (Å²) in [4.78, 5) is 27.2. The van der Waals surface area contributed by atoms with Gasteiger partial charge in [0.2, 0.25) is 5.91 Å². The van der Waals surface area contributed by atoms with E-state index >= 15 is 0 Å². The summed E-state index contributed by atoms with van der Waals surface area (Å²) in [5, 5.41) is 1.83. The van der Waals surface area contributed by atoms with Gasteiger partial charge in [0.25, 0.3) is 0 Å². The molecule has 1 aromatic carbocycles. The molecule has 0 aliphatic carbocycles. The summed E-state index contributed by atoms with van der Waals surface area (Å²) in [6.07, 6.45) is 0.311. The average molecular weight is 306 g/mol. The van der Waals surface area contributed by atoms with Gasteiger partial charge in [-0.25, -0.2) is 0 Å². The molecule has 2 heterocycles. The number of rotatable bonds is 1. The highest BCUT2D eigenvalue weighted by atomic mass is 35.5. The number of benzene rings is 1. The first kappa shape index (κ1) is 13.3. The van der Waals surface area contributed by atoms with Gasteiger partial charge in [0.05, 0.1) is 16.9 Å². The highest BCUT2D eigenvalue weighted by molar-refractivity contribution is 7.10. The van der Waals surface area contributed by atoms with E-state index in [0.29, 0.717) is 17.7 Å². The highest BCUT2D eigenvalue weighted by Gasteiger charge is 2.31. The smallest absolute Gasteiger partial charge is 0.246 e. The number of thiophene rings is 1. The number of para-hydroxylation sites is 1. The number of amides is 1. The van der Waals surface area contributed by atoms with Gasteiger partial charge in [-0.3, -0.25) is 14.5 Å². The second-order valence-electron chi connectivity index (χ2n) is 4.65. The zero-order chi connectivity index (χ0) is 14.3. The number of alkyl halides is 1. The van der Waals surface area contributed by atoms with Crippen LogP contribution in [0.15, 0.2) is 29.6 Å². The Morgan fingerprint density at radius 2 is 2.15 bits per heavy atom. The molecule has 0 fully saturated rings. The number of fused-ring (bicyclic) bond motifs is 2. The molecule has 0 saturated carbocycles. The second kappa shape index (κ2) is 5.04. The van der Waals surface area contributed by atoms with Crippen LogP contribution in [-0.2, 0) is 11.2 Å². The molecule has 0 radical (unpaired) electrons. The standard InChI is InChI=1S/C15H12ClNO2S/c1-9-15-11(8-20-9)13(18)6-10-4-2-3-5-12(10)17(15)14(19)7-16/h2-5,8H,6-7H2,1H3. The minimum Gasteiger partial charge on any atom is -0.294 e. The number of nitrogens with zero attached hydrogens (tertiary/aromatic N) is 1. The predicted octanol–water partition coefficient (Wildman–Crippen LogP) is 3.70. The monoisotopic (exact) mass is 305 g/mol. The molecule has 5 heteroatoms. The van der Waals surface area contributed by atoms with E-state index in [2.05, 4.69) is 0 Å². The Morgan fingerprint density at radius 3 is 2.90 bits per heavy atom. The number of Topliss-reactive ketones (excluding diaryl/α,β-unsaturated/α-hetero) is 1. The van der Waals surface area contributed by atoms with E-state index < -0.39 is 0 Å². The Labute approximate surface area is 125 Å². The molecule has 0 atom stereocenters. The lowest BCUT2D eigenvalue weighted by atomic mass is 10.1. The van der Waals surface area contributed by atoms with Crippen LogP contribution in [0.2, 0.25) is 0 Å². The van der Waals surface area contributed by atoms with Gasteiger partial charge in [-0.2, -0.15) is 0 Å². The van der Waals surface area contributed by atoms with Crippen molar-refractivity contribution in [3.8, 4) is 0 Å². The van der Waals surface area contributed by atoms with E-state index in [1.54, 1.807) is 4.90 Å². The number of ketones is 1. The Balaban J connectivity index is 2.31. The van der Waals surface area contributed by atoms with E-state index in [1.165, 1.54) is 11.3 Å². The third-order valence-corrected chi connectivity index (χ3v) is 4.54. The van der Waals surface area contributed by atoms with Crippen molar-refractivity contribution < 1.29 is 9.59 Å². The van der Waals surface area contributed by atoms with Crippen molar-refractivity contribution in [3.05, 3.63) is 45.6 Å². The van der Waals surface area contributed by atoms with Gasteiger partial charge in [-0.05, 0) is 18.6 Å². The first-order chi connectivity index (χ1) is 9.63. The topological polar surface area (TPSA) is 37.4 Å². The number of hydrogen-bond donors (Lipinski definition) is 0. The molecule has 3 nitrogen and oxygen atoms in total. The van der Waals surface area contributed by atoms with Crippen molar-refractivity contribution in [2.45, 2.75) is 13.3 Å². The Bertz CT molecular complexity index is 708. The van der Waals surface area contributed by atoms with Crippen LogP contribution >= 0.6 is 22.9 Å². The van der Waals surface area contributed by atoms with Crippen LogP contribution in [0.1, 0.15) is 20.8 Å². The summed E-state index contributed by atoms with van der Waals surface area (Å²) in [5.74, 6) is -0.282. The van der Waals surface area contributed by atoms with Gasteiger partial charge in [-0.1, -0.05) is 18.2 Å². The molecular weight excluding hydrogens is 294 g/mol. The molecule has 1 amide bonds. The summed E-state index contributed by atoms with van der Waals surface area (Å²) in [5.41, 5.74) is 2.92. The number of carbonyl (C=O) groups excluding carboxylic acids is 2. The lowest BCUT2D eigenvalue weighted by molar-refractivity contribution is -0.115. The van der Waals surface area contributed by atoms with E-state index in [0.717, 1.165) is 16.1 Å². The van der Waals surface area contributed by atoms with E-state index in [-0.39, 0.29) is 17.6 Å². The Morgan fingerprint density at radius 1 is 1.40 bits per heavy atom. The zero-order valence-corrected chi connectivity index (χ0v) is 12.4. The van der Waals surface area contributed by atoms with Crippen LogP contribution < -0.4 is 4.90 Å². The summed E-state index contributed by atoms with van der Waals surface area (Å²) in [7, 11) is 0. The summed E-state index contributed by atoms with van der Waals surface area (Å²) >= 11 is 7.24. The minimum absolute atomic E-state index is 0.0432. The molecule has 20 heavy (non-hydrogen) atoms. The quantitative estimate of drug-likeness (QED) is 0.753. The lowest BCUT2D eigenvalue weighted by Gasteiger charge is -2.23. The normalized spacial score (nSPS) is 13.7. The Kier molecular flexibility index (Phi) is 3.36. The number of halogens is 1. The largest absolute Gasteiger partial charge is 0.294 e. The first-order valence-electron chi connectivity index (χ1n) is 6.21. The molecule has 2 aromatic rings. The molecule has 0 bridgehead atoms. The fourth-order valence-corrected chi connectivity index (χ4v) is 3.48. The van der Waals surface area contributed by atoms with Crippen molar-refractivity contribution in [1.29, 1.82) is 0 Å². The summed E-state index contributed by atoms with van der Waals surface area (Å²) in [6.45, 7) is 1.92. The fraction of sp³-hybridized carbons (Fsp3) is 0.200. The van der Waals surface area contributed by atoms with E-state index in [9.17, 15) is 9.59 Å². The third kappa shape index (κ3) is 1.96. The first-order valence-corrected chi connectivity index (χ1v) is 7.63. The lowest BCUT2D eigenvalue weighted by Crippen LogP contribution is -2.28. The van der Waals surface area contributed by atoms with Crippen LogP contribution in [0.3, 0.4) is 0 Å². The zero-order valence-electron chi connectivity index (χ0n) is 10.9. The van der Waals surface area contributed by atoms with E-state index in [1.807, 2.05) is 36.6 Å². The van der Waals surface area contributed by atoms with Gasteiger partial charge < -0.3 is 0 Å². The van der Waals surface area contributed by atoms with Gasteiger partial charge >= 0.3 is 0 Å². The molecule has 3 rings (SSSR count). The van der Waals surface area contributed by atoms with Crippen LogP contribution in [0.4, 0.5) is 11.4 Å². The molecule has 0 N–H and O–H groups in total. The third-order valence-electron chi connectivity index (χ3n) is 3.41. The number of hydrogen-bond acceptors (Lipinski definition) is 3. The van der Waals surface area contributed by atoms with Gasteiger partial charge in [0.1, 0.15) is 5.88 Å². The molecular formula is C15H12ClNO2S. The van der Waals surface area contributed by atoms with Crippen LogP contribution in [0.25, 0.3) is 0 Å². The van der Waals surface area contributed by atoms with Crippen molar-refractivity contribution in [3.63, 3.8) is 0 Å². The van der Waals surface area contributed by atoms with Crippen molar-refractivity contribution in [2.24, 2.45) is 0 Å². The van der Waals surface area contributed by atoms with Gasteiger partial charge in [0, 0.05) is 16.7 Å². The molecule has 0 unspecified atom stereocenters. The Hall–Kier alpha value is -1.65. The number of anilines is 2. The van der Waals surface area contributed by atoms with Gasteiger partial charge in [0.15, 0.2) is 5.78 Å². The minimum atomic E-state index is -0.212. The number of aryl methyl sites for hydroxylation is 1. The SMILES string of the molecule is Cc1scc2c1N(C(=O)CCl)c1ccccc1CC2=O. The summed E-state index contributed by atoms with van der Waals surface area (Å²) < 4.78 is 0. The van der Waals surface area contributed by atoms with Crippen molar-refractivity contribution >= 4 is 46.0 Å². The van der Waals surface area contributed by atoms with Crippen LogP contribution in [-0.4, -0.2) is 17.6 Å². The maximum atomic E-state index is 12.4. The maximum Gasteiger partial charge on any atom is 0.246 e. The van der Waals surface area contributed by atoms with E-state index in [4.69, 9.17) is 11.6 Å². The molecule has 0 spiro atoms. The van der Waals surface area contributed by atoms with Crippen molar-refractivity contribution in [2.75, 3.05) is 10.8 Å². The molecule has 1 aliphatic rings. The van der Waals surface area contributed by atoms with Crippen LogP contribution in [0.5, 0.6) is 0 Å². The molecule has 1 aliphatic heterocycles. The van der Waals surface area contributed by atoms with Gasteiger partial charge in [-0.15, -0.1) is 22.9 Å².